The van der Waals surface area contributed by atoms with E-state index in [4.69, 9.17) is 4.74 Å². The molecule has 1 aromatic carbocycles. The number of likely N-dealkylation sites (N-methyl/N-ethyl adjacent to an activating group) is 1. The van der Waals surface area contributed by atoms with Crippen molar-refractivity contribution in [3.05, 3.63) is 29.3 Å². The second-order valence-corrected chi connectivity index (χ2v) is 6.66. The van der Waals surface area contributed by atoms with Crippen molar-refractivity contribution in [1.29, 1.82) is 0 Å². The standard InChI is InChI=1S/C19H29N3O2/c1-3-22(4-2)19(23)15-21-10-8-20(9-11-21)14-16-5-6-18-17(13-16)7-12-24-18/h5-6,13H,3-4,7-12,14-15H2,1-2H3. The third-order valence-electron chi connectivity index (χ3n) is 5.10. The van der Waals surface area contributed by atoms with E-state index in [0.29, 0.717) is 6.54 Å². The molecule has 0 N–H and O–H groups in total. The summed E-state index contributed by atoms with van der Waals surface area (Å²) in [6, 6.07) is 6.58. The van der Waals surface area contributed by atoms with Crippen molar-refractivity contribution in [1.82, 2.24) is 14.7 Å². The summed E-state index contributed by atoms with van der Waals surface area (Å²) in [5.74, 6) is 1.31. The average molecular weight is 331 g/mol. The monoisotopic (exact) mass is 331 g/mol. The second kappa shape index (κ2) is 7.99. The lowest BCUT2D eigenvalue weighted by atomic mass is 10.1. The maximum absolute atomic E-state index is 12.2. The molecule has 0 saturated carbocycles. The zero-order valence-corrected chi connectivity index (χ0v) is 15.0. The summed E-state index contributed by atoms with van der Waals surface area (Å²) in [4.78, 5) is 18.9. The topological polar surface area (TPSA) is 36.0 Å². The summed E-state index contributed by atoms with van der Waals surface area (Å²) in [6.45, 7) is 12.1. The third kappa shape index (κ3) is 4.08. The Balaban J connectivity index is 1.46. The molecule has 1 saturated heterocycles. The number of nitrogens with zero attached hydrogens (tertiary/aromatic N) is 3. The van der Waals surface area contributed by atoms with E-state index in [2.05, 4.69) is 28.0 Å². The summed E-state index contributed by atoms with van der Waals surface area (Å²) < 4.78 is 5.58. The Morgan fingerprint density at radius 1 is 1.12 bits per heavy atom. The van der Waals surface area contributed by atoms with Crippen LogP contribution in [0.3, 0.4) is 0 Å². The van der Waals surface area contributed by atoms with Crippen LogP contribution >= 0.6 is 0 Å². The molecule has 0 bridgehead atoms. The second-order valence-electron chi connectivity index (χ2n) is 6.66. The summed E-state index contributed by atoms with van der Waals surface area (Å²) in [6.07, 6.45) is 1.03. The van der Waals surface area contributed by atoms with E-state index in [1.807, 2.05) is 18.7 Å². The van der Waals surface area contributed by atoms with Gasteiger partial charge in [-0.25, -0.2) is 0 Å². The molecule has 24 heavy (non-hydrogen) atoms. The number of hydrogen-bond donors (Lipinski definition) is 0. The van der Waals surface area contributed by atoms with E-state index < -0.39 is 0 Å². The van der Waals surface area contributed by atoms with Gasteiger partial charge in [0.2, 0.25) is 5.91 Å². The predicted molar refractivity (Wildman–Crippen MR) is 95.3 cm³/mol. The minimum Gasteiger partial charge on any atom is -0.493 e. The van der Waals surface area contributed by atoms with Gasteiger partial charge in [0.05, 0.1) is 13.2 Å². The molecule has 3 rings (SSSR count). The van der Waals surface area contributed by atoms with E-state index in [1.54, 1.807) is 0 Å². The van der Waals surface area contributed by atoms with E-state index >= 15 is 0 Å². The highest BCUT2D eigenvalue weighted by Gasteiger charge is 2.21. The largest absolute Gasteiger partial charge is 0.493 e. The molecule has 0 aliphatic carbocycles. The highest BCUT2D eigenvalue weighted by molar-refractivity contribution is 5.78. The molecule has 1 amide bonds. The molecule has 5 nitrogen and oxygen atoms in total. The quantitative estimate of drug-likeness (QED) is 0.793. The van der Waals surface area contributed by atoms with Crippen LogP contribution in [-0.4, -0.2) is 73.0 Å². The minimum atomic E-state index is 0.257. The number of amides is 1. The summed E-state index contributed by atoms with van der Waals surface area (Å²) in [5, 5.41) is 0. The number of fused-ring (bicyclic) bond motifs is 1. The van der Waals surface area contributed by atoms with Crippen molar-refractivity contribution in [3.8, 4) is 5.75 Å². The summed E-state index contributed by atoms with van der Waals surface area (Å²) in [5.41, 5.74) is 2.71. The van der Waals surface area contributed by atoms with Gasteiger partial charge < -0.3 is 9.64 Å². The van der Waals surface area contributed by atoms with E-state index in [9.17, 15) is 4.79 Å². The molecule has 0 aromatic heterocycles. The maximum Gasteiger partial charge on any atom is 0.236 e. The van der Waals surface area contributed by atoms with E-state index in [0.717, 1.165) is 64.6 Å². The number of rotatable bonds is 6. The van der Waals surface area contributed by atoms with Gasteiger partial charge in [0, 0.05) is 52.2 Å². The van der Waals surface area contributed by atoms with Gasteiger partial charge >= 0.3 is 0 Å². The van der Waals surface area contributed by atoms with Crippen LogP contribution < -0.4 is 4.74 Å². The molecule has 5 heteroatoms. The van der Waals surface area contributed by atoms with Gasteiger partial charge in [-0.1, -0.05) is 12.1 Å². The van der Waals surface area contributed by atoms with Gasteiger partial charge in [-0.3, -0.25) is 14.6 Å². The third-order valence-corrected chi connectivity index (χ3v) is 5.10. The van der Waals surface area contributed by atoms with Gasteiger partial charge in [-0.05, 0) is 31.0 Å². The Kier molecular flexibility index (Phi) is 5.74. The molecule has 1 fully saturated rings. The van der Waals surface area contributed by atoms with Gasteiger partial charge in [0.15, 0.2) is 0 Å². The number of ether oxygens (including phenoxy) is 1. The molecule has 0 spiro atoms. The summed E-state index contributed by atoms with van der Waals surface area (Å²) in [7, 11) is 0. The Morgan fingerprint density at radius 2 is 1.83 bits per heavy atom. The van der Waals surface area contributed by atoms with Crippen LogP contribution in [0, 0.1) is 0 Å². The van der Waals surface area contributed by atoms with Crippen LogP contribution in [0.4, 0.5) is 0 Å². The van der Waals surface area contributed by atoms with Crippen molar-refractivity contribution in [2.75, 3.05) is 52.4 Å². The molecule has 0 radical (unpaired) electrons. The van der Waals surface area contributed by atoms with Gasteiger partial charge in [0.1, 0.15) is 5.75 Å². The molecular formula is C19H29N3O2. The van der Waals surface area contributed by atoms with Crippen molar-refractivity contribution < 1.29 is 9.53 Å². The molecule has 2 heterocycles. The van der Waals surface area contributed by atoms with Crippen LogP contribution in [0.15, 0.2) is 18.2 Å². The van der Waals surface area contributed by atoms with E-state index in [-0.39, 0.29) is 5.91 Å². The highest BCUT2D eigenvalue weighted by atomic mass is 16.5. The van der Waals surface area contributed by atoms with Gasteiger partial charge in [-0.15, -0.1) is 0 Å². The first-order valence-electron chi connectivity index (χ1n) is 9.16. The fraction of sp³-hybridized carbons (Fsp3) is 0.632. The van der Waals surface area contributed by atoms with Crippen LogP contribution in [-0.2, 0) is 17.8 Å². The van der Waals surface area contributed by atoms with Gasteiger partial charge in [0.25, 0.3) is 0 Å². The van der Waals surface area contributed by atoms with Crippen molar-refractivity contribution in [2.45, 2.75) is 26.8 Å². The van der Waals surface area contributed by atoms with Crippen LogP contribution in [0.2, 0.25) is 0 Å². The molecule has 0 atom stereocenters. The molecule has 0 unspecified atom stereocenters. The van der Waals surface area contributed by atoms with Crippen molar-refractivity contribution in [2.24, 2.45) is 0 Å². The number of carbonyl (C=O) groups is 1. The Labute approximate surface area is 145 Å². The van der Waals surface area contributed by atoms with E-state index in [1.165, 1.54) is 11.1 Å². The maximum atomic E-state index is 12.2. The highest BCUT2D eigenvalue weighted by Crippen LogP contribution is 2.26. The zero-order valence-electron chi connectivity index (χ0n) is 15.0. The molecule has 2 aliphatic heterocycles. The van der Waals surface area contributed by atoms with Crippen molar-refractivity contribution >= 4 is 5.91 Å². The molecule has 1 aromatic rings. The smallest absolute Gasteiger partial charge is 0.236 e. The number of hydrogen-bond acceptors (Lipinski definition) is 4. The van der Waals surface area contributed by atoms with Crippen LogP contribution in [0.5, 0.6) is 5.75 Å². The minimum absolute atomic E-state index is 0.257. The fourth-order valence-electron chi connectivity index (χ4n) is 3.57. The summed E-state index contributed by atoms with van der Waals surface area (Å²) >= 11 is 0. The predicted octanol–water partition coefficient (Wildman–Crippen LogP) is 1.61. The van der Waals surface area contributed by atoms with Crippen molar-refractivity contribution in [3.63, 3.8) is 0 Å². The molecular weight excluding hydrogens is 302 g/mol. The first kappa shape index (κ1) is 17.2. The molecule has 2 aliphatic rings. The zero-order chi connectivity index (χ0) is 16.9. The Hall–Kier alpha value is -1.59. The van der Waals surface area contributed by atoms with Crippen LogP contribution in [0.1, 0.15) is 25.0 Å². The first-order chi connectivity index (χ1) is 11.7. The first-order valence-corrected chi connectivity index (χ1v) is 9.16. The lowest BCUT2D eigenvalue weighted by molar-refractivity contribution is -0.132. The SMILES string of the molecule is CCN(CC)C(=O)CN1CCN(Cc2ccc3c(c2)CCO3)CC1. The lowest BCUT2D eigenvalue weighted by Gasteiger charge is -2.35. The van der Waals surface area contributed by atoms with Crippen LogP contribution in [0.25, 0.3) is 0 Å². The Bertz CT molecular complexity index is 564. The Morgan fingerprint density at radius 3 is 2.54 bits per heavy atom. The normalized spacial score (nSPS) is 18.2. The van der Waals surface area contributed by atoms with Gasteiger partial charge in [-0.2, -0.15) is 0 Å². The lowest BCUT2D eigenvalue weighted by Crippen LogP contribution is -2.49. The number of carbonyl (C=O) groups excluding carboxylic acids is 1. The average Bonchev–Trinajstić information content (AvgIpc) is 3.05. The number of piperazine rings is 1. The number of benzene rings is 1. The fourth-order valence-corrected chi connectivity index (χ4v) is 3.57. The molecule has 132 valence electrons.